The number of rotatable bonds is 6. The number of halogens is 2. The van der Waals surface area contributed by atoms with E-state index in [-0.39, 0.29) is 11.7 Å². The zero-order valence-corrected chi connectivity index (χ0v) is 18.1. The van der Waals surface area contributed by atoms with Crippen LogP contribution in [-0.4, -0.2) is 21.7 Å². The molecule has 32 heavy (non-hydrogen) atoms. The highest BCUT2D eigenvalue weighted by Gasteiger charge is 2.10. The minimum absolute atomic E-state index is 0.0907. The average Bonchev–Trinajstić information content (AvgIpc) is 2.80. The van der Waals surface area contributed by atoms with Crippen LogP contribution >= 0.6 is 23.2 Å². The number of nitrogens with one attached hydrogen (secondary N) is 2. The molecule has 0 aliphatic heterocycles. The highest BCUT2D eigenvalue weighted by atomic mass is 35.5. The maximum atomic E-state index is 12.6. The summed E-state index contributed by atoms with van der Waals surface area (Å²) in [7, 11) is 0. The topological polar surface area (TPSA) is 84.0 Å². The Labute approximate surface area is 193 Å². The number of carbonyl (C=O) groups is 2. The molecule has 0 aliphatic carbocycles. The van der Waals surface area contributed by atoms with E-state index in [1.165, 1.54) is 12.4 Å². The molecule has 0 spiro atoms. The lowest BCUT2D eigenvalue weighted by atomic mass is 10.0. The van der Waals surface area contributed by atoms with Crippen LogP contribution < -0.4 is 10.6 Å². The van der Waals surface area contributed by atoms with Crippen LogP contribution in [-0.2, 0) is 4.79 Å². The van der Waals surface area contributed by atoms with Gasteiger partial charge >= 0.3 is 0 Å². The Morgan fingerprint density at radius 2 is 1.50 bits per heavy atom. The van der Waals surface area contributed by atoms with Gasteiger partial charge in [0.05, 0.1) is 5.52 Å². The van der Waals surface area contributed by atoms with Crippen LogP contribution in [0.15, 0.2) is 84.7 Å². The van der Waals surface area contributed by atoms with Gasteiger partial charge in [0.15, 0.2) is 5.78 Å². The summed E-state index contributed by atoms with van der Waals surface area (Å²) in [5, 5.41) is 7.27. The fraction of sp³-hybridized carbons (Fsp3) is 0. The van der Waals surface area contributed by atoms with Crippen molar-refractivity contribution in [2.24, 2.45) is 0 Å². The highest BCUT2D eigenvalue weighted by molar-refractivity contribution is 6.30. The van der Waals surface area contributed by atoms with Crippen LogP contribution in [0.3, 0.4) is 0 Å². The van der Waals surface area contributed by atoms with E-state index in [2.05, 4.69) is 20.6 Å². The Morgan fingerprint density at radius 1 is 0.844 bits per heavy atom. The summed E-state index contributed by atoms with van der Waals surface area (Å²) in [5.41, 5.74) is 4.31. The number of ketones is 1. The van der Waals surface area contributed by atoms with Gasteiger partial charge in [-0.05, 0) is 66.7 Å². The van der Waals surface area contributed by atoms with Crippen LogP contribution in [0.2, 0.25) is 5.02 Å². The second kappa shape index (κ2) is 9.60. The fourth-order valence-electron chi connectivity index (χ4n) is 3.08. The maximum absolute atomic E-state index is 12.6. The third kappa shape index (κ3) is 4.94. The molecule has 8 heteroatoms. The number of hydrogen-bond donors (Lipinski definition) is 2. The Kier molecular flexibility index (Phi) is 6.44. The standard InChI is InChI=1S/C24H16Cl2N4O2/c25-12-11-22(31)29-19-9-10-21-20(13-19)24(28-14-27-21)30-18-7-3-16(4-8-18)23(32)15-1-5-17(26)6-2-15/h1-14H,(H,29,31)(H,27,28,30). The Balaban J connectivity index is 1.56. The summed E-state index contributed by atoms with van der Waals surface area (Å²) < 4.78 is 0. The molecule has 6 nitrogen and oxygen atoms in total. The quantitative estimate of drug-likeness (QED) is 0.273. The highest BCUT2D eigenvalue weighted by Crippen LogP contribution is 2.26. The second-order valence-electron chi connectivity index (χ2n) is 6.77. The van der Waals surface area contributed by atoms with Crippen molar-refractivity contribution in [1.29, 1.82) is 0 Å². The number of benzene rings is 3. The summed E-state index contributed by atoms with van der Waals surface area (Å²) in [6.07, 6.45) is 2.68. The van der Waals surface area contributed by atoms with Gasteiger partial charge in [-0.3, -0.25) is 9.59 Å². The molecule has 158 valence electrons. The number of carbonyl (C=O) groups excluding carboxylic acids is 2. The number of hydrogen-bond acceptors (Lipinski definition) is 5. The summed E-state index contributed by atoms with van der Waals surface area (Å²) >= 11 is 11.3. The van der Waals surface area contributed by atoms with Gasteiger partial charge < -0.3 is 10.6 Å². The molecule has 1 amide bonds. The molecule has 4 rings (SSSR count). The first kappa shape index (κ1) is 21.5. The van der Waals surface area contributed by atoms with Gasteiger partial charge in [-0.15, -0.1) is 0 Å². The van der Waals surface area contributed by atoms with Gasteiger partial charge in [-0.2, -0.15) is 0 Å². The van der Waals surface area contributed by atoms with E-state index in [9.17, 15) is 9.59 Å². The molecular formula is C24H16Cl2N4O2. The first-order valence-electron chi connectivity index (χ1n) is 9.53. The summed E-state index contributed by atoms with van der Waals surface area (Å²) in [6.45, 7) is 0. The van der Waals surface area contributed by atoms with Crippen LogP contribution in [0.5, 0.6) is 0 Å². The molecule has 2 N–H and O–H groups in total. The first-order chi connectivity index (χ1) is 15.5. The van der Waals surface area contributed by atoms with Crippen molar-refractivity contribution in [2.75, 3.05) is 10.6 Å². The molecule has 0 radical (unpaired) electrons. The molecule has 0 fully saturated rings. The van der Waals surface area contributed by atoms with Crippen LogP contribution in [0.4, 0.5) is 17.2 Å². The predicted molar refractivity (Wildman–Crippen MR) is 128 cm³/mol. The summed E-state index contributed by atoms with van der Waals surface area (Å²) in [4.78, 5) is 33.0. The summed E-state index contributed by atoms with van der Waals surface area (Å²) in [5.74, 6) is 0.134. The van der Waals surface area contributed by atoms with Gasteiger partial charge in [0.1, 0.15) is 12.1 Å². The first-order valence-corrected chi connectivity index (χ1v) is 10.3. The smallest absolute Gasteiger partial charge is 0.249 e. The molecule has 0 saturated carbocycles. The van der Waals surface area contributed by atoms with Crippen LogP contribution in [0.25, 0.3) is 10.9 Å². The number of amides is 1. The molecule has 1 heterocycles. The zero-order chi connectivity index (χ0) is 22.5. The van der Waals surface area contributed by atoms with Gasteiger partial charge in [0, 0.05) is 44.5 Å². The molecular weight excluding hydrogens is 447 g/mol. The van der Waals surface area contributed by atoms with Crippen LogP contribution in [0, 0.1) is 0 Å². The largest absolute Gasteiger partial charge is 0.340 e. The lowest BCUT2D eigenvalue weighted by Crippen LogP contribution is -2.07. The molecule has 1 aromatic heterocycles. The monoisotopic (exact) mass is 462 g/mol. The third-order valence-electron chi connectivity index (χ3n) is 4.63. The van der Waals surface area contributed by atoms with Crippen molar-refractivity contribution < 1.29 is 9.59 Å². The molecule has 0 saturated heterocycles. The van der Waals surface area contributed by atoms with E-state index in [0.29, 0.717) is 33.2 Å². The van der Waals surface area contributed by atoms with Crippen molar-refractivity contribution in [3.63, 3.8) is 0 Å². The number of anilines is 3. The van der Waals surface area contributed by atoms with Gasteiger partial charge in [0.25, 0.3) is 0 Å². The van der Waals surface area contributed by atoms with Crippen molar-refractivity contribution >= 4 is 63.0 Å². The van der Waals surface area contributed by atoms with Gasteiger partial charge in [-0.1, -0.05) is 23.2 Å². The zero-order valence-electron chi connectivity index (χ0n) is 16.5. The lowest BCUT2D eigenvalue weighted by Gasteiger charge is -2.10. The Bertz CT molecular complexity index is 1320. The predicted octanol–water partition coefficient (Wildman–Crippen LogP) is 5.95. The van der Waals surface area contributed by atoms with Crippen molar-refractivity contribution in [3.8, 4) is 0 Å². The van der Waals surface area contributed by atoms with Crippen molar-refractivity contribution in [1.82, 2.24) is 9.97 Å². The SMILES string of the molecule is O=C(C=CCl)Nc1ccc2ncnc(Nc3ccc(C(=O)c4ccc(Cl)cc4)cc3)c2c1. The molecule has 0 unspecified atom stereocenters. The van der Waals surface area contributed by atoms with Crippen molar-refractivity contribution in [2.45, 2.75) is 0 Å². The van der Waals surface area contributed by atoms with Crippen LogP contribution in [0.1, 0.15) is 15.9 Å². The minimum atomic E-state index is -0.341. The lowest BCUT2D eigenvalue weighted by molar-refractivity contribution is -0.111. The van der Waals surface area contributed by atoms with E-state index < -0.39 is 0 Å². The van der Waals surface area contributed by atoms with E-state index in [0.717, 1.165) is 16.6 Å². The average molecular weight is 463 g/mol. The minimum Gasteiger partial charge on any atom is -0.340 e. The third-order valence-corrected chi connectivity index (χ3v) is 5.01. The van der Waals surface area contributed by atoms with E-state index in [4.69, 9.17) is 23.2 Å². The molecule has 4 aromatic rings. The van der Waals surface area contributed by atoms with Crippen molar-refractivity contribution in [3.05, 3.63) is 101 Å². The summed E-state index contributed by atoms with van der Waals surface area (Å²) in [6, 6.07) is 19.2. The van der Waals surface area contributed by atoms with Gasteiger partial charge in [-0.25, -0.2) is 9.97 Å². The van der Waals surface area contributed by atoms with Gasteiger partial charge in [0.2, 0.25) is 5.91 Å². The Morgan fingerprint density at radius 3 is 2.19 bits per heavy atom. The van der Waals surface area contributed by atoms with E-state index >= 15 is 0 Å². The van der Waals surface area contributed by atoms with E-state index in [1.807, 2.05) is 0 Å². The van der Waals surface area contributed by atoms with E-state index in [1.54, 1.807) is 66.7 Å². The molecule has 0 bridgehead atoms. The Hall–Kier alpha value is -3.74. The molecule has 0 aliphatic rings. The maximum Gasteiger partial charge on any atom is 0.249 e. The second-order valence-corrected chi connectivity index (χ2v) is 7.46. The number of fused-ring (bicyclic) bond motifs is 1. The molecule has 3 aromatic carbocycles. The normalized spacial score (nSPS) is 10.9. The molecule has 0 atom stereocenters. The number of nitrogens with zero attached hydrogens (tertiary/aromatic N) is 2. The fourth-order valence-corrected chi connectivity index (χ4v) is 3.33. The number of aromatic nitrogens is 2.